The van der Waals surface area contributed by atoms with Gasteiger partial charge in [-0.25, -0.2) is 0 Å². The first kappa shape index (κ1) is 11.7. The SMILES string of the molecule is CSCCNC1CCC2(CC1)OCCO2. The van der Waals surface area contributed by atoms with Crippen molar-refractivity contribution in [2.75, 3.05) is 31.8 Å². The first-order valence-electron chi connectivity index (χ1n) is 5.85. The lowest BCUT2D eigenvalue weighted by atomic mass is 9.90. The highest BCUT2D eigenvalue weighted by Gasteiger charge is 2.39. The number of ether oxygens (including phenoxy) is 2. The topological polar surface area (TPSA) is 30.5 Å². The van der Waals surface area contributed by atoms with Gasteiger partial charge in [-0.1, -0.05) is 0 Å². The van der Waals surface area contributed by atoms with Crippen molar-refractivity contribution in [1.82, 2.24) is 5.32 Å². The van der Waals surface area contributed by atoms with Crippen LogP contribution in [-0.4, -0.2) is 43.6 Å². The van der Waals surface area contributed by atoms with Crippen molar-refractivity contribution in [1.29, 1.82) is 0 Å². The van der Waals surface area contributed by atoms with E-state index in [9.17, 15) is 0 Å². The maximum atomic E-state index is 5.70. The molecule has 0 aromatic rings. The summed E-state index contributed by atoms with van der Waals surface area (Å²) in [7, 11) is 0. The zero-order valence-electron chi connectivity index (χ0n) is 9.46. The van der Waals surface area contributed by atoms with Crippen LogP contribution in [0.5, 0.6) is 0 Å². The van der Waals surface area contributed by atoms with Gasteiger partial charge in [0.05, 0.1) is 13.2 Å². The number of rotatable bonds is 4. The Morgan fingerprint density at radius 1 is 1.27 bits per heavy atom. The van der Waals surface area contributed by atoms with E-state index < -0.39 is 0 Å². The predicted octanol–water partition coefficient (Wildman–Crippen LogP) is 1.62. The van der Waals surface area contributed by atoms with Crippen molar-refractivity contribution in [3.63, 3.8) is 0 Å². The fourth-order valence-corrected chi connectivity index (χ4v) is 2.73. The number of hydrogen-bond acceptors (Lipinski definition) is 4. The Bertz CT molecular complexity index is 185. The Hall–Kier alpha value is 0.230. The summed E-state index contributed by atoms with van der Waals surface area (Å²) >= 11 is 1.90. The summed E-state index contributed by atoms with van der Waals surface area (Å²) in [6.45, 7) is 2.69. The molecule has 0 bridgehead atoms. The molecule has 1 heterocycles. The fraction of sp³-hybridized carbons (Fsp3) is 1.00. The third kappa shape index (κ3) is 3.09. The van der Waals surface area contributed by atoms with Gasteiger partial charge in [0, 0.05) is 31.2 Å². The zero-order chi connectivity index (χ0) is 10.6. The quantitative estimate of drug-likeness (QED) is 0.745. The van der Waals surface area contributed by atoms with Gasteiger partial charge in [0.1, 0.15) is 0 Å². The van der Waals surface area contributed by atoms with Gasteiger partial charge < -0.3 is 14.8 Å². The molecule has 0 amide bonds. The molecule has 2 aliphatic rings. The summed E-state index contributed by atoms with van der Waals surface area (Å²) in [6, 6.07) is 0.676. The van der Waals surface area contributed by atoms with E-state index >= 15 is 0 Å². The van der Waals surface area contributed by atoms with Crippen molar-refractivity contribution in [2.45, 2.75) is 37.5 Å². The van der Waals surface area contributed by atoms with Gasteiger partial charge in [-0.05, 0) is 19.1 Å². The van der Waals surface area contributed by atoms with Gasteiger partial charge in [-0.2, -0.15) is 11.8 Å². The van der Waals surface area contributed by atoms with E-state index in [0.29, 0.717) is 6.04 Å². The second-order valence-electron chi connectivity index (χ2n) is 4.33. The monoisotopic (exact) mass is 231 g/mol. The van der Waals surface area contributed by atoms with Crippen LogP contribution in [0.3, 0.4) is 0 Å². The predicted molar refractivity (Wildman–Crippen MR) is 63.3 cm³/mol. The number of hydrogen-bond donors (Lipinski definition) is 1. The fourth-order valence-electron chi connectivity index (χ4n) is 2.41. The van der Waals surface area contributed by atoms with Crippen LogP contribution < -0.4 is 5.32 Å². The van der Waals surface area contributed by atoms with Gasteiger partial charge in [0.2, 0.25) is 0 Å². The summed E-state index contributed by atoms with van der Waals surface area (Å²) in [5.74, 6) is 1.01. The van der Waals surface area contributed by atoms with Gasteiger partial charge in [-0.3, -0.25) is 0 Å². The molecular weight excluding hydrogens is 210 g/mol. The average Bonchev–Trinajstić information content (AvgIpc) is 2.71. The Labute approximate surface area is 96.3 Å². The van der Waals surface area contributed by atoms with E-state index in [4.69, 9.17) is 9.47 Å². The summed E-state index contributed by atoms with van der Waals surface area (Å²) in [6.07, 6.45) is 6.65. The van der Waals surface area contributed by atoms with Crippen LogP contribution >= 0.6 is 11.8 Å². The lowest BCUT2D eigenvalue weighted by Crippen LogP contribution is -2.42. The van der Waals surface area contributed by atoms with Gasteiger partial charge in [0.15, 0.2) is 5.79 Å². The molecule has 1 N–H and O–H groups in total. The van der Waals surface area contributed by atoms with Crippen LogP contribution in [0.1, 0.15) is 25.7 Å². The summed E-state index contributed by atoms with van der Waals surface area (Å²) in [5.41, 5.74) is 0. The first-order chi connectivity index (χ1) is 7.35. The molecule has 0 aromatic heterocycles. The minimum Gasteiger partial charge on any atom is -0.348 e. The zero-order valence-corrected chi connectivity index (χ0v) is 10.3. The van der Waals surface area contributed by atoms with Crippen molar-refractivity contribution < 1.29 is 9.47 Å². The second-order valence-corrected chi connectivity index (χ2v) is 5.31. The van der Waals surface area contributed by atoms with Gasteiger partial charge in [0.25, 0.3) is 0 Å². The minimum atomic E-state index is -0.197. The van der Waals surface area contributed by atoms with E-state index in [0.717, 1.165) is 32.6 Å². The van der Waals surface area contributed by atoms with Crippen molar-refractivity contribution in [2.24, 2.45) is 0 Å². The Balaban J connectivity index is 1.67. The number of nitrogens with one attached hydrogen (secondary N) is 1. The molecule has 0 aromatic carbocycles. The summed E-state index contributed by atoms with van der Waals surface area (Å²) < 4.78 is 11.4. The minimum absolute atomic E-state index is 0.197. The lowest BCUT2D eigenvalue weighted by molar-refractivity contribution is -0.179. The Morgan fingerprint density at radius 3 is 2.53 bits per heavy atom. The van der Waals surface area contributed by atoms with Crippen molar-refractivity contribution in [3.05, 3.63) is 0 Å². The number of thioether (sulfide) groups is 1. The van der Waals surface area contributed by atoms with Crippen LogP contribution in [0.4, 0.5) is 0 Å². The largest absolute Gasteiger partial charge is 0.348 e. The maximum Gasteiger partial charge on any atom is 0.168 e. The Kier molecular flexibility index (Phi) is 4.31. The molecule has 15 heavy (non-hydrogen) atoms. The molecule has 1 aliphatic heterocycles. The molecule has 0 radical (unpaired) electrons. The average molecular weight is 231 g/mol. The first-order valence-corrected chi connectivity index (χ1v) is 7.24. The molecule has 3 nitrogen and oxygen atoms in total. The maximum absolute atomic E-state index is 5.70. The van der Waals surface area contributed by atoms with Gasteiger partial charge >= 0.3 is 0 Å². The highest BCUT2D eigenvalue weighted by molar-refractivity contribution is 7.98. The molecular formula is C11H21NO2S. The van der Waals surface area contributed by atoms with Crippen molar-refractivity contribution in [3.8, 4) is 0 Å². The van der Waals surface area contributed by atoms with E-state index in [1.807, 2.05) is 11.8 Å². The molecule has 0 unspecified atom stereocenters. The highest BCUT2D eigenvalue weighted by Crippen LogP contribution is 2.35. The molecule has 1 saturated heterocycles. The third-order valence-corrected chi connectivity index (χ3v) is 3.91. The Morgan fingerprint density at radius 2 is 1.93 bits per heavy atom. The van der Waals surface area contributed by atoms with Crippen LogP contribution in [0.2, 0.25) is 0 Å². The van der Waals surface area contributed by atoms with Gasteiger partial charge in [-0.15, -0.1) is 0 Å². The van der Waals surface area contributed by atoms with Crippen LogP contribution in [0.15, 0.2) is 0 Å². The lowest BCUT2D eigenvalue weighted by Gasteiger charge is -2.35. The van der Waals surface area contributed by atoms with Crippen molar-refractivity contribution >= 4 is 11.8 Å². The van der Waals surface area contributed by atoms with Crippen LogP contribution in [0, 0.1) is 0 Å². The molecule has 2 rings (SSSR count). The van der Waals surface area contributed by atoms with Crippen LogP contribution in [0.25, 0.3) is 0 Å². The summed E-state index contributed by atoms with van der Waals surface area (Å²) in [4.78, 5) is 0. The normalized spacial score (nSPS) is 26.2. The van der Waals surface area contributed by atoms with E-state index in [1.54, 1.807) is 0 Å². The molecule has 88 valence electrons. The molecule has 2 fully saturated rings. The third-order valence-electron chi connectivity index (χ3n) is 3.30. The molecule has 1 aliphatic carbocycles. The van der Waals surface area contributed by atoms with E-state index in [2.05, 4.69) is 11.6 Å². The molecule has 4 heteroatoms. The standard InChI is InChI=1S/C11H21NO2S/c1-15-9-6-12-10-2-4-11(5-3-10)13-7-8-14-11/h10,12H,2-9H2,1H3. The molecule has 0 atom stereocenters. The van der Waals surface area contributed by atoms with E-state index in [-0.39, 0.29) is 5.79 Å². The second kappa shape index (κ2) is 5.53. The smallest absolute Gasteiger partial charge is 0.168 e. The highest BCUT2D eigenvalue weighted by atomic mass is 32.2. The van der Waals surface area contributed by atoms with Crippen LogP contribution in [-0.2, 0) is 9.47 Å². The summed E-state index contributed by atoms with van der Waals surface area (Å²) in [5, 5.41) is 3.60. The van der Waals surface area contributed by atoms with E-state index in [1.165, 1.54) is 18.6 Å². The molecule has 1 spiro atoms. The molecule has 1 saturated carbocycles.